The summed E-state index contributed by atoms with van der Waals surface area (Å²) in [6, 6.07) is 10.6. The summed E-state index contributed by atoms with van der Waals surface area (Å²) in [4.78, 5) is 35.7. The molecular formula is C25H27FN6O2. The molecule has 8 nitrogen and oxygen atoms in total. The fraction of sp³-hybridized carbons (Fsp3) is 0.360. The number of hydrogen-bond acceptors (Lipinski definition) is 6. The second-order valence-electron chi connectivity index (χ2n) is 8.43. The summed E-state index contributed by atoms with van der Waals surface area (Å²) < 4.78 is 14.5. The third-order valence-electron chi connectivity index (χ3n) is 6.31. The number of carbonyl (C=O) groups excluding carboxylic acids is 1. The second-order valence-corrected chi connectivity index (χ2v) is 8.43. The molecule has 4 rings (SSSR count). The number of pyridine rings is 2. The number of benzene rings is 1. The fourth-order valence-corrected chi connectivity index (χ4v) is 4.40. The molecule has 34 heavy (non-hydrogen) atoms. The van der Waals surface area contributed by atoms with Crippen molar-refractivity contribution in [2.75, 3.05) is 31.6 Å². The molecule has 0 saturated carbocycles. The summed E-state index contributed by atoms with van der Waals surface area (Å²) in [5.74, 6) is -1.04. The van der Waals surface area contributed by atoms with Gasteiger partial charge in [0.05, 0.1) is 29.1 Å². The van der Waals surface area contributed by atoms with E-state index < -0.39 is 11.7 Å². The molecule has 0 bridgehead atoms. The number of hydrogen-bond donors (Lipinski definition) is 2. The summed E-state index contributed by atoms with van der Waals surface area (Å²) in [6.45, 7) is 4.41. The number of aryl methyl sites for hydroxylation is 1. The van der Waals surface area contributed by atoms with E-state index in [1.165, 1.54) is 19.2 Å². The van der Waals surface area contributed by atoms with E-state index in [0.717, 1.165) is 11.1 Å². The average Bonchev–Trinajstić information content (AvgIpc) is 2.84. The van der Waals surface area contributed by atoms with Gasteiger partial charge in [-0.1, -0.05) is 6.92 Å². The van der Waals surface area contributed by atoms with E-state index in [4.69, 9.17) is 0 Å². The summed E-state index contributed by atoms with van der Waals surface area (Å²) >= 11 is 0. The predicted octanol–water partition coefficient (Wildman–Crippen LogP) is 2.59. The first-order chi connectivity index (χ1) is 16.4. The lowest BCUT2D eigenvalue weighted by Gasteiger charge is -2.41. The molecule has 3 aromatic rings. The number of anilines is 1. The average molecular weight is 463 g/mol. The summed E-state index contributed by atoms with van der Waals surface area (Å²) in [6.07, 6.45) is 2.78. The van der Waals surface area contributed by atoms with Gasteiger partial charge in [-0.15, -0.1) is 0 Å². The van der Waals surface area contributed by atoms with Gasteiger partial charge in [0.25, 0.3) is 11.5 Å². The molecule has 1 atom stereocenters. The molecule has 0 radical (unpaired) electrons. The zero-order valence-electron chi connectivity index (χ0n) is 19.3. The van der Waals surface area contributed by atoms with E-state index in [-0.39, 0.29) is 17.2 Å². The first kappa shape index (κ1) is 23.4. The lowest BCUT2D eigenvalue weighted by molar-refractivity contribution is 0.0959. The fourth-order valence-electron chi connectivity index (χ4n) is 4.40. The van der Waals surface area contributed by atoms with E-state index in [1.54, 1.807) is 6.07 Å². The SMILES string of the molecule is CCc1cc2ncc(CN3CCN(c4ccc(C(=O)NC)c(F)c4)CC3CC#N)cc2[nH]c1=O. The number of piperazine rings is 1. The van der Waals surface area contributed by atoms with Gasteiger partial charge < -0.3 is 15.2 Å². The van der Waals surface area contributed by atoms with Crippen molar-refractivity contribution in [3.8, 4) is 6.07 Å². The van der Waals surface area contributed by atoms with Crippen molar-refractivity contribution in [1.29, 1.82) is 5.26 Å². The van der Waals surface area contributed by atoms with Gasteiger partial charge >= 0.3 is 0 Å². The van der Waals surface area contributed by atoms with Crippen LogP contribution in [0.15, 0.2) is 41.3 Å². The normalized spacial score (nSPS) is 16.4. The highest BCUT2D eigenvalue weighted by Crippen LogP contribution is 2.24. The number of halogens is 1. The Morgan fingerprint density at radius 1 is 1.32 bits per heavy atom. The molecule has 1 fully saturated rings. The number of aromatic nitrogens is 2. The van der Waals surface area contributed by atoms with Gasteiger partial charge in [-0.05, 0) is 42.3 Å². The number of nitrogens with one attached hydrogen (secondary N) is 2. The maximum atomic E-state index is 14.5. The van der Waals surface area contributed by atoms with Crippen molar-refractivity contribution in [3.63, 3.8) is 0 Å². The first-order valence-electron chi connectivity index (χ1n) is 11.3. The van der Waals surface area contributed by atoms with Crippen LogP contribution in [0.5, 0.6) is 0 Å². The van der Waals surface area contributed by atoms with Crippen LogP contribution in [0.3, 0.4) is 0 Å². The number of H-pyrrole nitrogens is 1. The van der Waals surface area contributed by atoms with Crippen LogP contribution in [0, 0.1) is 17.1 Å². The van der Waals surface area contributed by atoms with Crippen molar-refractivity contribution >= 4 is 22.6 Å². The Morgan fingerprint density at radius 2 is 2.15 bits per heavy atom. The Labute approximate surface area is 197 Å². The molecule has 2 N–H and O–H groups in total. The third-order valence-corrected chi connectivity index (χ3v) is 6.31. The Bertz CT molecular complexity index is 1310. The number of nitriles is 1. The predicted molar refractivity (Wildman–Crippen MR) is 128 cm³/mol. The lowest BCUT2D eigenvalue weighted by atomic mass is 10.1. The molecule has 0 aliphatic carbocycles. The molecule has 1 amide bonds. The van der Waals surface area contributed by atoms with Gasteiger partial charge in [0.1, 0.15) is 5.82 Å². The molecule has 2 aromatic heterocycles. The minimum Gasteiger partial charge on any atom is -0.369 e. The van der Waals surface area contributed by atoms with E-state index in [9.17, 15) is 19.2 Å². The number of fused-ring (bicyclic) bond motifs is 1. The number of nitrogens with zero attached hydrogens (tertiary/aromatic N) is 4. The highest BCUT2D eigenvalue weighted by Gasteiger charge is 2.28. The third kappa shape index (κ3) is 4.77. The first-order valence-corrected chi connectivity index (χ1v) is 11.3. The maximum Gasteiger partial charge on any atom is 0.253 e. The van der Waals surface area contributed by atoms with Crippen LogP contribution in [-0.2, 0) is 13.0 Å². The Kier molecular flexibility index (Phi) is 6.89. The summed E-state index contributed by atoms with van der Waals surface area (Å²) in [7, 11) is 1.46. The van der Waals surface area contributed by atoms with E-state index in [0.29, 0.717) is 55.8 Å². The number of aromatic amines is 1. The monoisotopic (exact) mass is 462 g/mol. The van der Waals surface area contributed by atoms with Crippen molar-refractivity contribution < 1.29 is 9.18 Å². The van der Waals surface area contributed by atoms with Gasteiger partial charge in [0.15, 0.2) is 0 Å². The van der Waals surface area contributed by atoms with Crippen LogP contribution in [-0.4, -0.2) is 53.5 Å². The Morgan fingerprint density at radius 3 is 2.85 bits per heavy atom. The highest BCUT2D eigenvalue weighted by molar-refractivity contribution is 5.94. The van der Waals surface area contributed by atoms with Crippen LogP contribution >= 0.6 is 0 Å². The molecule has 1 aliphatic heterocycles. The Hall–Kier alpha value is -3.77. The molecular weight excluding hydrogens is 435 g/mol. The van der Waals surface area contributed by atoms with Crippen molar-refractivity contribution in [1.82, 2.24) is 20.2 Å². The topological polar surface area (TPSA) is 105 Å². The largest absolute Gasteiger partial charge is 0.369 e. The quantitative estimate of drug-likeness (QED) is 0.584. The van der Waals surface area contributed by atoms with Crippen LogP contribution < -0.4 is 15.8 Å². The molecule has 1 aromatic carbocycles. The molecule has 1 saturated heterocycles. The zero-order chi connectivity index (χ0) is 24.2. The minimum absolute atomic E-state index is 0.00589. The minimum atomic E-state index is -0.571. The van der Waals surface area contributed by atoms with Crippen molar-refractivity contribution in [2.45, 2.75) is 32.4 Å². The van der Waals surface area contributed by atoms with Crippen molar-refractivity contribution in [3.05, 3.63) is 69.4 Å². The van der Waals surface area contributed by atoms with E-state index in [2.05, 4.69) is 26.3 Å². The molecule has 1 aliphatic rings. The van der Waals surface area contributed by atoms with Crippen LogP contribution in [0.25, 0.3) is 11.0 Å². The molecule has 176 valence electrons. The second kappa shape index (κ2) is 10.0. The molecule has 3 heterocycles. The number of amides is 1. The van der Waals surface area contributed by atoms with Gasteiger partial charge in [-0.25, -0.2) is 4.39 Å². The maximum absolute atomic E-state index is 14.5. The van der Waals surface area contributed by atoms with E-state index >= 15 is 0 Å². The van der Waals surface area contributed by atoms with Gasteiger partial charge in [0.2, 0.25) is 0 Å². The Balaban J connectivity index is 1.51. The smallest absolute Gasteiger partial charge is 0.253 e. The van der Waals surface area contributed by atoms with Gasteiger partial charge in [-0.2, -0.15) is 5.26 Å². The molecule has 1 unspecified atom stereocenters. The van der Waals surface area contributed by atoms with Crippen LogP contribution in [0.4, 0.5) is 10.1 Å². The number of rotatable bonds is 6. The van der Waals surface area contributed by atoms with Crippen LogP contribution in [0.2, 0.25) is 0 Å². The van der Waals surface area contributed by atoms with Gasteiger partial charge in [-0.3, -0.25) is 19.5 Å². The summed E-state index contributed by atoms with van der Waals surface area (Å²) in [5.41, 5.74) is 3.69. The number of carbonyl (C=O) groups is 1. The highest BCUT2D eigenvalue weighted by atomic mass is 19.1. The molecule has 0 spiro atoms. The zero-order valence-corrected chi connectivity index (χ0v) is 19.3. The molecule has 9 heteroatoms. The summed E-state index contributed by atoms with van der Waals surface area (Å²) in [5, 5.41) is 11.8. The standard InChI is InChI=1S/C25H27FN6O2/c1-3-17-11-22-23(30-24(17)33)10-16(13-29-22)14-31-8-9-32(15-19(31)6-7-27)18-4-5-20(21(26)12-18)25(34)28-2/h4-5,10-13,19H,3,6,8-9,14-15H2,1-2H3,(H,28,34)(H,30,33). The van der Waals surface area contributed by atoms with Crippen molar-refractivity contribution in [2.24, 2.45) is 0 Å². The lowest BCUT2D eigenvalue weighted by Crippen LogP contribution is -2.52. The van der Waals surface area contributed by atoms with Crippen LogP contribution in [0.1, 0.15) is 34.8 Å². The van der Waals surface area contributed by atoms with E-state index in [1.807, 2.05) is 30.2 Å². The van der Waals surface area contributed by atoms with Gasteiger partial charge in [0, 0.05) is 56.7 Å².